The van der Waals surface area contributed by atoms with Crippen LogP contribution < -0.4 is 5.73 Å². The van der Waals surface area contributed by atoms with Crippen LogP contribution >= 0.6 is 23.7 Å². The van der Waals surface area contributed by atoms with Gasteiger partial charge in [0.25, 0.3) is 0 Å². The number of nitrogens with zero attached hydrogens (tertiary/aromatic N) is 1. The third-order valence-corrected chi connectivity index (χ3v) is 7.03. The molecule has 2 atom stereocenters. The molecular weight excluding hydrogens is 384 g/mol. The zero-order valence-corrected chi connectivity index (χ0v) is 15.9. The fourth-order valence-electron chi connectivity index (χ4n) is 2.85. The highest BCUT2D eigenvalue weighted by molar-refractivity contribution is 7.89. The number of sulfonamides is 1. The first-order valence-corrected chi connectivity index (χ1v) is 9.73. The molecule has 1 aliphatic rings. The third-order valence-electron chi connectivity index (χ3n) is 4.16. The zero-order chi connectivity index (χ0) is 17.3. The van der Waals surface area contributed by atoms with Crippen LogP contribution in [0.1, 0.15) is 21.2 Å². The van der Waals surface area contributed by atoms with Crippen LogP contribution in [-0.2, 0) is 14.8 Å². The normalized spacial score (nSPS) is 20.9. The molecule has 1 saturated heterocycles. The third kappa shape index (κ3) is 3.88. The number of methoxy groups -OCH3 is 1. The van der Waals surface area contributed by atoms with Gasteiger partial charge in [-0.05, 0) is 11.6 Å². The van der Waals surface area contributed by atoms with E-state index in [2.05, 4.69) is 4.74 Å². The van der Waals surface area contributed by atoms with Crippen molar-refractivity contribution in [3.05, 3.63) is 52.2 Å². The number of esters is 1. The SMILES string of the molecule is COC(=O)c1cc(S(=O)(=O)N2C[C@@H](N)[C@H](c3ccccc3)C2)cs1.Cl. The summed E-state index contributed by atoms with van der Waals surface area (Å²) < 4.78 is 31.6. The second kappa shape index (κ2) is 7.84. The average molecular weight is 403 g/mol. The molecule has 1 aromatic heterocycles. The molecule has 1 aromatic carbocycles. The zero-order valence-electron chi connectivity index (χ0n) is 13.5. The van der Waals surface area contributed by atoms with Crippen LogP contribution in [0.15, 0.2) is 46.7 Å². The molecule has 25 heavy (non-hydrogen) atoms. The number of benzene rings is 1. The quantitative estimate of drug-likeness (QED) is 0.790. The van der Waals surface area contributed by atoms with E-state index in [-0.39, 0.29) is 40.7 Å². The van der Waals surface area contributed by atoms with Crippen molar-refractivity contribution in [2.45, 2.75) is 16.9 Å². The van der Waals surface area contributed by atoms with E-state index in [0.717, 1.165) is 16.9 Å². The van der Waals surface area contributed by atoms with E-state index in [9.17, 15) is 13.2 Å². The van der Waals surface area contributed by atoms with Gasteiger partial charge in [-0.1, -0.05) is 30.3 Å². The number of thiophene rings is 1. The van der Waals surface area contributed by atoms with Crippen LogP contribution in [0.3, 0.4) is 0 Å². The van der Waals surface area contributed by atoms with Crippen molar-refractivity contribution in [1.82, 2.24) is 4.31 Å². The Bertz CT molecular complexity index is 839. The van der Waals surface area contributed by atoms with E-state index in [0.29, 0.717) is 6.54 Å². The van der Waals surface area contributed by atoms with Gasteiger partial charge < -0.3 is 10.5 Å². The number of carbonyl (C=O) groups is 1. The molecular formula is C16H19ClN2O4S2. The fourth-order valence-corrected chi connectivity index (χ4v) is 5.53. The van der Waals surface area contributed by atoms with Crippen molar-refractivity contribution >= 4 is 39.7 Å². The maximum Gasteiger partial charge on any atom is 0.348 e. The Morgan fingerprint density at radius 2 is 1.96 bits per heavy atom. The van der Waals surface area contributed by atoms with Gasteiger partial charge in [0.2, 0.25) is 10.0 Å². The number of nitrogens with two attached hydrogens (primary N) is 1. The Morgan fingerprint density at radius 3 is 2.60 bits per heavy atom. The fraction of sp³-hybridized carbons (Fsp3) is 0.312. The van der Waals surface area contributed by atoms with Crippen LogP contribution in [0, 0.1) is 0 Å². The van der Waals surface area contributed by atoms with Gasteiger partial charge in [-0.25, -0.2) is 13.2 Å². The Kier molecular flexibility index (Phi) is 6.23. The van der Waals surface area contributed by atoms with E-state index < -0.39 is 16.0 Å². The molecule has 9 heteroatoms. The molecule has 1 fully saturated rings. The monoisotopic (exact) mass is 402 g/mol. The van der Waals surface area contributed by atoms with Gasteiger partial charge >= 0.3 is 5.97 Å². The van der Waals surface area contributed by atoms with Crippen LogP contribution in [0.5, 0.6) is 0 Å². The highest BCUT2D eigenvalue weighted by atomic mass is 35.5. The first-order chi connectivity index (χ1) is 11.4. The molecule has 0 unspecified atom stereocenters. The Labute approximate surface area is 157 Å². The second-order valence-corrected chi connectivity index (χ2v) is 8.49. The molecule has 0 aliphatic carbocycles. The minimum Gasteiger partial charge on any atom is -0.465 e. The molecule has 136 valence electrons. The number of rotatable bonds is 4. The lowest BCUT2D eigenvalue weighted by molar-refractivity contribution is 0.0606. The maximum atomic E-state index is 12.8. The van der Waals surface area contributed by atoms with Gasteiger partial charge in [0, 0.05) is 30.4 Å². The van der Waals surface area contributed by atoms with Gasteiger partial charge in [0.15, 0.2) is 0 Å². The molecule has 0 saturated carbocycles. The lowest BCUT2D eigenvalue weighted by atomic mass is 9.95. The highest BCUT2D eigenvalue weighted by Crippen LogP contribution is 2.31. The first kappa shape index (κ1) is 19.9. The van der Waals surface area contributed by atoms with Crippen LogP contribution in [0.25, 0.3) is 0 Å². The largest absolute Gasteiger partial charge is 0.465 e. The molecule has 2 N–H and O–H groups in total. The van der Waals surface area contributed by atoms with Crippen LogP contribution in [0.2, 0.25) is 0 Å². The predicted molar refractivity (Wildman–Crippen MR) is 98.8 cm³/mol. The lowest BCUT2D eigenvalue weighted by Gasteiger charge is -2.15. The number of hydrogen-bond acceptors (Lipinski definition) is 6. The molecule has 0 amide bonds. The molecule has 0 spiro atoms. The predicted octanol–water partition coefficient (Wildman–Crippen LogP) is 2.07. The number of hydrogen-bond donors (Lipinski definition) is 1. The van der Waals surface area contributed by atoms with Gasteiger partial charge in [0.1, 0.15) is 4.88 Å². The summed E-state index contributed by atoms with van der Waals surface area (Å²) in [6, 6.07) is 10.8. The van der Waals surface area contributed by atoms with Crippen molar-refractivity contribution in [2.24, 2.45) is 5.73 Å². The lowest BCUT2D eigenvalue weighted by Crippen LogP contribution is -2.32. The number of halogens is 1. The van der Waals surface area contributed by atoms with E-state index in [1.807, 2.05) is 30.3 Å². The van der Waals surface area contributed by atoms with Gasteiger partial charge in [-0.2, -0.15) is 4.31 Å². The van der Waals surface area contributed by atoms with Gasteiger partial charge in [-0.3, -0.25) is 0 Å². The topological polar surface area (TPSA) is 89.7 Å². The summed E-state index contributed by atoms with van der Waals surface area (Å²) in [5, 5.41) is 1.46. The average Bonchev–Trinajstić information content (AvgIpc) is 3.22. The van der Waals surface area contributed by atoms with E-state index >= 15 is 0 Å². The van der Waals surface area contributed by atoms with Crippen LogP contribution in [-0.4, -0.2) is 44.9 Å². The molecule has 0 bridgehead atoms. The number of carbonyl (C=O) groups excluding carboxylic acids is 1. The minimum atomic E-state index is -3.68. The van der Waals surface area contributed by atoms with Gasteiger partial charge in [-0.15, -0.1) is 23.7 Å². The van der Waals surface area contributed by atoms with Crippen molar-refractivity contribution in [2.75, 3.05) is 20.2 Å². The standard InChI is InChI=1S/C16H18N2O4S2.ClH/c1-22-16(19)15-7-12(10-23-15)24(20,21)18-8-13(14(17)9-18)11-5-3-2-4-6-11;/h2-7,10,13-14H,8-9,17H2,1H3;1H/t13-,14+;/m0./s1. The number of ether oxygens (including phenoxy) is 1. The summed E-state index contributed by atoms with van der Waals surface area (Å²) in [5.74, 6) is -0.582. The minimum absolute atomic E-state index is 0. The Balaban J connectivity index is 0.00000225. The van der Waals surface area contributed by atoms with E-state index in [4.69, 9.17) is 5.73 Å². The van der Waals surface area contributed by atoms with Crippen molar-refractivity contribution in [1.29, 1.82) is 0 Å². The van der Waals surface area contributed by atoms with Crippen molar-refractivity contribution in [3.63, 3.8) is 0 Å². The molecule has 1 aliphatic heterocycles. The summed E-state index contributed by atoms with van der Waals surface area (Å²) in [7, 11) is -2.41. The second-order valence-electron chi connectivity index (χ2n) is 5.64. The van der Waals surface area contributed by atoms with Gasteiger partial charge in [0.05, 0.1) is 12.0 Å². The van der Waals surface area contributed by atoms with Crippen LogP contribution in [0.4, 0.5) is 0 Å². The maximum absolute atomic E-state index is 12.8. The Hall–Kier alpha value is -1.45. The summed E-state index contributed by atoms with van der Waals surface area (Å²) in [4.78, 5) is 11.9. The molecule has 2 aromatic rings. The summed E-state index contributed by atoms with van der Waals surface area (Å²) in [5.41, 5.74) is 7.20. The molecule has 0 radical (unpaired) electrons. The van der Waals surface area contributed by atoms with Crippen molar-refractivity contribution < 1.29 is 17.9 Å². The molecule has 6 nitrogen and oxygen atoms in total. The summed E-state index contributed by atoms with van der Waals surface area (Å²) in [6.45, 7) is 0.586. The Morgan fingerprint density at radius 1 is 1.28 bits per heavy atom. The summed E-state index contributed by atoms with van der Waals surface area (Å²) in [6.07, 6.45) is 0. The van der Waals surface area contributed by atoms with E-state index in [1.54, 1.807) is 0 Å². The molecule has 2 heterocycles. The molecule has 3 rings (SSSR count). The van der Waals surface area contributed by atoms with Crippen molar-refractivity contribution in [3.8, 4) is 0 Å². The van der Waals surface area contributed by atoms with E-state index in [1.165, 1.54) is 22.9 Å². The first-order valence-electron chi connectivity index (χ1n) is 7.41. The smallest absolute Gasteiger partial charge is 0.348 e. The highest BCUT2D eigenvalue weighted by Gasteiger charge is 2.38. The summed E-state index contributed by atoms with van der Waals surface area (Å²) >= 11 is 1.05.